The number of hydrogen-bond donors (Lipinski definition) is 1. The lowest BCUT2D eigenvalue weighted by atomic mass is 10.2. The van der Waals surface area contributed by atoms with Crippen molar-refractivity contribution in [3.05, 3.63) is 118 Å². The van der Waals surface area contributed by atoms with Crippen LogP contribution in [0.2, 0.25) is 10.0 Å². The minimum absolute atomic E-state index is 0.119. The molecule has 0 fully saturated rings. The zero-order valence-electron chi connectivity index (χ0n) is 17.5. The first-order valence-corrected chi connectivity index (χ1v) is 12.4. The van der Waals surface area contributed by atoms with Gasteiger partial charge >= 0.3 is 0 Å². The summed E-state index contributed by atoms with van der Waals surface area (Å²) >= 11 is 12.0. The van der Waals surface area contributed by atoms with Gasteiger partial charge < -0.3 is 5.32 Å². The van der Waals surface area contributed by atoms with Crippen molar-refractivity contribution in [2.24, 2.45) is 0 Å². The molecule has 0 aliphatic carbocycles. The van der Waals surface area contributed by atoms with Gasteiger partial charge in [-0.05, 0) is 41.5 Å². The molecule has 0 aliphatic rings. The van der Waals surface area contributed by atoms with E-state index < -0.39 is 10.0 Å². The van der Waals surface area contributed by atoms with Gasteiger partial charge in [-0.25, -0.2) is 13.4 Å². The quantitative estimate of drug-likeness (QED) is 0.300. The van der Waals surface area contributed by atoms with Crippen LogP contribution in [-0.2, 0) is 23.1 Å². The van der Waals surface area contributed by atoms with E-state index in [4.69, 9.17) is 23.2 Å². The highest BCUT2D eigenvalue weighted by molar-refractivity contribution is 7.89. The van der Waals surface area contributed by atoms with E-state index in [2.05, 4.69) is 10.3 Å². The normalized spacial score (nSPS) is 11.5. The molecule has 0 radical (unpaired) electrons. The predicted molar refractivity (Wildman–Crippen MR) is 133 cm³/mol. The minimum Gasteiger partial charge on any atom is -0.340 e. The van der Waals surface area contributed by atoms with Gasteiger partial charge in [0.25, 0.3) is 0 Å². The molecular formula is C25H21Cl2N3O2S. The number of halogens is 2. The molecule has 0 saturated heterocycles. The second kappa shape index (κ2) is 10.4. The van der Waals surface area contributed by atoms with Crippen molar-refractivity contribution in [2.45, 2.75) is 18.0 Å². The van der Waals surface area contributed by atoms with Crippen LogP contribution in [0, 0.1) is 0 Å². The number of rotatable bonds is 8. The van der Waals surface area contributed by atoms with Gasteiger partial charge in [-0.2, -0.15) is 4.31 Å². The Morgan fingerprint density at radius 1 is 0.758 bits per heavy atom. The van der Waals surface area contributed by atoms with Crippen LogP contribution in [0.4, 0.5) is 11.5 Å². The van der Waals surface area contributed by atoms with Gasteiger partial charge in [-0.15, -0.1) is 0 Å². The molecular weight excluding hydrogens is 477 g/mol. The van der Waals surface area contributed by atoms with E-state index in [1.807, 2.05) is 60.7 Å². The molecule has 168 valence electrons. The summed E-state index contributed by atoms with van der Waals surface area (Å²) < 4.78 is 28.5. The summed E-state index contributed by atoms with van der Waals surface area (Å²) in [5, 5.41) is 3.96. The summed E-state index contributed by atoms with van der Waals surface area (Å²) in [6, 6.07) is 27.3. The summed E-state index contributed by atoms with van der Waals surface area (Å²) in [6.07, 6.45) is 1.36. The Labute approximate surface area is 203 Å². The third-order valence-electron chi connectivity index (χ3n) is 4.97. The molecule has 0 amide bonds. The van der Waals surface area contributed by atoms with Crippen LogP contribution < -0.4 is 5.32 Å². The largest absolute Gasteiger partial charge is 0.340 e. The monoisotopic (exact) mass is 497 g/mol. The van der Waals surface area contributed by atoms with E-state index in [9.17, 15) is 8.42 Å². The number of hydrogen-bond acceptors (Lipinski definition) is 4. The van der Waals surface area contributed by atoms with Gasteiger partial charge in [0, 0.05) is 25.0 Å². The summed E-state index contributed by atoms with van der Waals surface area (Å²) in [5.41, 5.74) is 2.51. The first-order valence-electron chi connectivity index (χ1n) is 10.2. The molecule has 0 saturated carbocycles. The summed E-state index contributed by atoms with van der Waals surface area (Å²) in [5.74, 6) is 0.491. The average molecular weight is 498 g/mol. The highest BCUT2D eigenvalue weighted by atomic mass is 35.5. The molecule has 0 unspecified atom stereocenters. The zero-order valence-corrected chi connectivity index (χ0v) is 19.9. The van der Waals surface area contributed by atoms with Crippen LogP contribution in [-0.4, -0.2) is 17.7 Å². The van der Waals surface area contributed by atoms with E-state index in [1.165, 1.54) is 10.5 Å². The Bertz CT molecular complexity index is 1280. The second-order valence-corrected chi connectivity index (χ2v) is 10.1. The summed E-state index contributed by atoms with van der Waals surface area (Å²) in [6.45, 7) is 0.503. The second-order valence-electron chi connectivity index (χ2n) is 7.38. The number of aromatic nitrogens is 1. The van der Waals surface area contributed by atoms with E-state index in [0.717, 1.165) is 11.1 Å². The molecule has 0 bridgehead atoms. The fraction of sp³-hybridized carbons (Fsp3) is 0.0800. The van der Waals surface area contributed by atoms with Gasteiger partial charge in [0.15, 0.2) is 0 Å². The number of nitrogens with zero attached hydrogens (tertiary/aromatic N) is 2. The lowest BCUT2D eigenvalue weighted by molar-refractivity contribution is 0.401. The Balaban J connectivity index is 1.58. The molecule has 8 heteroatoms. The number of pyridine rings is 1. The Kier molecular flexibility index (Phi) is 7.30. The third kappa shape index (κ3) is 5.92. The Hall–Kier alpha value is -2.90. The van der Waals surface area contributed by atoms with Gasteiger partial charge in [0.2, 0.25) is 10.0 Å². The van der Waals surface area contributed by atoms with Gasteiger partial charge in [-0.1, -0.05) is 83.9 Å². The fourth-order valence-electron chi connectivity index (χ4n) is 3.28. The number of benzene rings is 3. The first kappa shape index (κ1) is 23.3. The smallest absolute Gasteiger partial charge is 0.245 e. The van der Waals surface area contributed by atoms with Gasteiger partial charge in [0.05, 0.1) is 10.0 Å². The lowest BCUT2D eigenvalue weighted by Gasteiger charge is -2.22. The first-order chi connectivity index (χ1) is 15.9. The molecule has 5 nitrogen and oxygen atoms in total. The fourth-order valence-corrected chi connectivity index (χ4v) is 4.94. The highest BCUT2D eigenvalue weighted by Gasteiger charge is 2.25. The molecule has 1 N–H and O–H groups in total. The molecule has 0 aliphatic heterocycles. The zero-order chi connectivity index (χ0) is 23.3. The Morgan fingerprint density at radius 2 is 1.36 bits per heavy atom. The van der Waals surface area contributed by atoms with Crippen LogP contribution in [0.3, 0.4) is 0 Å². The maximum absolute atomic E-state index is 13.5. The minimum atomic E-state index is -3.79. The van der Waals surface area contributed by atoms with Crippen molar-refractivity contribution < 1.29 is 8.42 Å². The topological polar surface area (TPSA) is 62.3 Å². The molecule has 0 spiro atoms. The third-order valence-corrected chi connectivity index (χ3v) is 7.48. The molecule has 4 rings (SSSR count). The number of sulfonamides is 1. The van der Waals surface area contributed by atoms with Gasteiger partial charge in [0.1, 0.15) is 10.7 Å². The van der Waals surface area contributed by atoms with Crippen molar-refractivity contribution in [3.8, 4) is 0 Å². The highest BCUT2D eigenvalue weighted by Crippen LogP contribution is 2.27. The van der Waals surface area contributed by atoms with Crippen molar-refractivity contribution in [2.75, 3.05) is 5.32 Å². The Morgan fingerprint density at radius 3 is 1.88 bits per heavy atom. The van der Waals surface area contributed by atoms with E-state index >= 15 is 0 Å². The standard InChI is InChI=1S/C25H21Cl2N3O2S/c26-23-13-11-21(15-24(23)27)29-25-14-12-22(16-28-25)33(31,32)30(17-19-7-3-1-4-8-19)18-20-9-5-2-6-10-20/h1-16H,17-18H2,(H,28,29). The maximum atomic E-state index is 13.5. The summed E-state index contributed by atoms with van der Waals surface area (Å²) in [7, 11) is -3.79. The van der Waals surface area contributed by atoms with E-state index in [-0.39, 0.29) is 18.0 Å². The SMILES string of the molecule is O=S(=O)(c1ccc(Nc2ccc(Cl)c(Cl)c2)nc1)N(Cc1ccccc1)Cc1ccccc1. The van der Waals surface area contributed by atoms with Crippen LogP contribution in [0.5, 0.6) is 0 Å². The van der Waals surface area contributed by atoms with Gasteiger partial charge in [-0.3, -0.25) is 0 Å². The molecule has 1 aromatic heterocycles. The maximum Gasteiger partial charge on any atom is 0.245 e. The molecule has 4 aromatic rings. The van der Waals surface area contributed by atoms with Crippen LogP contribution >= 0.6 is 23.2 Å². The molecule has 3 aromatic carbocycles. The molecule has 33 heavy (non-hydrogen) atoms. The number of nitrogens with one attached hydrogen (secondary N) is 1. The van der Waals surface area contributed by atoms with Crippen molar-refractivity contribution in [1.82, 2.24) is 9.29 Å². The molecule has 0 atom stereocenters. The van der Waals surface area contributed by atoms with Crippen molar-refractivity contribution in [3.63, 3.8) is 0 Å². The van der Waals surface area contributed by atoms with Crippen molar-refractivity contribution in [1.29, 1.82) is 0 Å². The van der Waals surface area contributed by atoms with Crippen LogP contribution in [0.25, 0.3) is 0 Å². The average Bonchev–Trinajstić information content (AvgIpc) is 2.83. The van der Waals surface area contributed by atoms with Crippen molar-refractivity contribution >= 4 is 44.7 Å². The molecule has 1 heterocycles. The van der Waals surface area contributed by atoms with Crippen LogP contribution in [0.1, 0.15) is 11.1 Å². The predicted octanol–water partition coefficient (Wildman–Crippen LogP) is 6.52. The lowest BCUT2D eigenvalue weighted by Crippen LogP contribution is -2.30. The van der Waals surface area contributed by atoms with E-state index in [1.54, 1.807) is 30.3 Å². The van der Waals surface area contributed by atoms with E-state index in [0.29, 0.717) is 21.6 Å². The van der Waals surface area contributed by atoms with Crippen LogP contribution in [0.15, 0.2) is 102 Å². The summed E-state index contributed by atoms with van der Waals surface area (Å²) in [4.78, 5) is 4.42. The number of anilines is 2.